The van der Waals surface area contributed by atoms with Gasteiger partial charge in [0.2, 0.25) is 0 Å². The van der Waals surface area contributed by atoms with E-state index in [1.807, 2.05) is 12.1 Å². The molecule has 0 aliphatic carbocycles. The zero-order valence-electron chi connectivity index (χ0n) is 8.47. The van der Waals surface area contributed by atoms with Gasteiger partial charge in [-0.15, -0.1) is 0 Å². The average Bonchev–Trinajstić information content (AvgIpc) is 2.01. The molecule has 1 aromatic rings. The van der Waals surface area contributed by atoms with Crippen molar-refractivity contribution in [2.45, 2.75) is 26.2 Å². The molecule has 2 nitrogen and oxygen atoms in total. The highest BCUT2D eigenvalue weighted by molar-refractivity contribution is 14.1. The van der Waals surface area contributed by atoms with Gasteiger partial charge in [0.05, 0.1) is 5.56 Å². The summed E-state index contributed by atoms with van der Waals surface area (Å²) in [6.07, 6.45) is 0. The molecule has 3 heteroatoms. The van der Waals surface area contributed by atoms with E-state index in [-0.39, 0.29) is 5.41 Å². The predicted octanol–water partition coefficient (Wildman–Crippen LogP) is 3.29. The van der Waals surface area contributed by atoms with E-state index in [0.29, 0.717) is 5.56 Å². The Balaban J connectivity index is 3.20. The lowest BCUT2D eigenvalue weighted by atomic mass is 9.87. The molecule has 0 aromatic heterocycles. The van der Waals surface area contributed by atoms with Gasteiger partial charge < -0.3 is 5.11 Å². The monoisotopic (exact) mass is 304 g/mol. The minimum Gasteiger partial charge on any atom is -0.478 e. The predicted molar refractivity (Wildman–Crippen MR) is 64.8 cm³/mol. The summed E-state index contributed by atoms with van der Waals surface area (Å²) in [7, 11) is 0. The Hall–Kier alpha value is -0.580. The van der Waals surface area contributed by atoms with Crippen LogP contribution in [0.25, 0.3) is 0 Å². The number of rotatable bonds is 1. The molecule has 76 valence electrons. The van der Waals surface area contributed by atoms with Gasteiger partial charge in [-0.1, -0.05) is 26.8 Å². The van der Waals surface area contributed by atoms with Crippen molar-refractivity contribution in [2.24, 2.45) is 0 Å². The lowest BCUT2D eigenvalue weighted by Gasteiger charge is -2.19. The maximum Gasteiger partial charge on any atom is 0.336 e. The first-order valence-electron chi connectivity index (χ1n) is 4.35. The molecule has 0 saturated heterocycles. The second kappa shape index (κ2) is 3.88. The number of carboxylic acids is 1. The van der Waals surface area contributed by atoms with E-state index in [1.165, 1.54) is 0 Å². The highest BCUT2D eigenvalue weighted by atomic mass is 127. The third-order valence-electron chi connectivity index (χ3n) is 2.07. The van der Waals surface area contributed by atoms with Crippen molar-refractivity contribution in [1.82, 2.24) is 0 Å². The fourth-order valence-electron chi connectivity index (χ4n) is 1.16. The first-order chi connectivity index (χ1) is 6.32. The van der Waals surface area contributed by atoms with Crippen LogP contribution in [-0.4, -0.2) is 11.1 Å². The molecule has 0 amide bonds. The lowest BCUT2D eigenvalue weighted by molar-refractivity contribution is 0.0695. The highest BCUT2D eigenvalue weighted by Crippen LogP contribution is 2.25. The summed E-state index contributed by atoms with van der Waals surface area (Å²) in [6.45, 7) is 6.33. The zero-order valence-corrected chi connectivity index (χ0v) is 10.6. The van der Waals surface area contributed by atoms with E-state index in [4.69, 9.17) is 5.11 Å². The van der Waals surface area contributed by atoms with E-state index < -0.39 is 5.97 Å². The van der Waals surface area contributed by atoms with Crippen molar-refractivity contribution >= 4 is 28.6 Å². The van der Waals surface area contributed by atoms with Gasteiger partial charge in [0.25, 0.3) is 0 Å². The number of carbonyl (C=O) groups is 1. The van der Waals surface area contributed by atoms with E-state index >= 15 is 0 Å². The van der Waals surface area contributed by atoms with E-state index in [9.17, 15) is 4.79 Å². The number of halogens is 1. The molecule has 0 atom stereocenters. The molecule has 1 rings (SSSR count). The summed E-state index contributed by atoms with van der Waals surface area (Å²) < 4.78 is 0.794. The van der Waals surface area contributed by atoms with Crippen molar-refractivity contribution in [2.75, 3.05) is 0 Å². The SMILES string of the molecule is CC(C)(C)c1ccc(C(=O)O)c(I)c1. The minimum absolute atomic E-state index is 0.0664. The maximum absolute atomic E-state index is 10.8. The number of aromatic carboxylic acids is 1. The van der Waals surface area contributed by atoms with Crippen LogP contribution in [0.2, 0.25) is 0 Å². The summed E-state index contributed by atoms with van der Waals surface area (Å²) >= 11 is 2.06. The third kappa shape index (κ3) is 2.47. The first-order valence-corrected chi connectivity index (χ1v) is 5.43. The van der Waals surface area contributed by atoms with Gasteiger partial charge in [-0.3, -0.25) is 0 Å². The van der Waals surface area contributed by atoms with Crippen molar-refractivity contribution in [3.05, 3.63) is 32.9 Å². The molecular weight excluding hydrogens is 291 g/mol. The summed E-state index contributed by atoms with van der Waals surface area (Å²) in [4.78, 5) is 10.8. The maximum atomic E-state index is 10.8. The third-order valence-corrected chi connectivity index (χ3v) is 2.96. The summed E-state index contributed by atoms with van der Waals surface area (Å²) in [6, 6.07) is 5.49. The Bertz CT molecular complexity index is 364. The Morgan fingerprint density at radius 2 is 1.93 bits per heavy atom. The molecule has 0 aliphatic rings. The molecule has 0 radical (unpaired) electrons. The highest BCUT2D eigenvalue weighted by Gasteiger charge is 2.16. The van der Waals surface area contributed by atoms with Crippen molar-refractivity contribution in [1.29, 1.82) is 0 Å². The van der Waals surface area contributed by atoms with Gasteiger partial charge >= 0.3 is 5.97 Å². The second-order valence-electron chi connectivity index (χ2n) is 4.25. The zero-order chi connectivity index (χ0) is 10.9. The Labute approximate surface area is 97.5 Å². The van der Waals surface area contributed by atoms with Crippen LogP contribution in [-0.2, 0) is 5.41 Å². The van der Waals surface area contributed by atoms with Crippen LogP contribution < -0.4 is 0 Å². The normalized spacial score (nSPS) is 11.4. The summed E-state index contributed by atoms with van der Waals surface area (Å²) in [5.74, 6) is -0.866. The minimum atomic E-state index is -0.866. The summed E-state index contributed by atoms with van der Waals surface area (Å²) in [5.41, 5.74) is 1.60. The summed E-state index contributed by atoms with van der Waals surface area (Å²) in [5, 5.41) is 8.85. The van der Waals surface area contributed by atoms with E-state index in [0.717, 1.165) is 9.13 Å². The van der Waals surface area contributed by atoms with Crippen LogP contribution in [0.1, 0.15) is 36.7 Å². The van der Waals surface area contributed by atoms with Gasteiger partial charge in [-0.25, -0.2) is 4.79 Å². The van der Waals surface area contributed by atoms with Gasteiger partial charge in [0.1, 0.15) is 0 Å². The van der Waals surface area contributed by atoms with Crippen molar-refractivity contribution in [3.63, 3.8) is 0 Å². The standard InChI is InChI=1S/C11H13IO2/c1-11(2,3)7-4-5-8(10(13)14)9(12)6-7/h4-6H,1-3H3,(H,13,14). The van der Waals surface area contributed by atoms with Crippen LogP contribution in [0.3, 0.4) is 0 Å². The molecule has 0 saturated carbocycles. The van der Waals surface area contributed by atoms with Gasteiger partial charge in [0, 0.05) is 3.57 Å². The molecule has 1 N–H and O–H groups in total. The molecular formula is C11H13IO2. The van der Waals surface area contributed by atoms with Gasteiger partial charge in [0.15, 0.2) is 0 Å². The van der Waals surface area contributed by atoms with Crippen LogP contribution in [0.5, 0.6) is 0 Å². The largest absolute Gasteiger partial charge is 0.478 e. The molecule has 1 aromatic carbocycles. The topological polar surface area (TPSA) is 37.3 Å². The molecule has 0 fully saturated rings. The van der Waals surface area contributed by atoms with Crippen molar-refractivity contribution in [3.8, 4) is 0 Å². The van der Waals surface area contributed by atoms with E-state index in [2.05, 4.69) is 43.4 Å². The second-order valence-corrected chi connectivity index (χ2v) is 5.41. The molecule has 0 unspecified atom stereocenters. The molecule has 0 aliphatic heterocycles. The molecule has 0 heterocycles. The Morgan fingerprint density at radius 3 is 2.29 bits per heavy atom. The van der Waals surface area contributed by atoms with Crippen LogP contribution in [0, 0.1) is 3.57 Å². The molecule has 0 spiro atoms. The fraction of sp³-hybridized carbons (Fsp3) is 0.364. The van der Waals surface area contributed by atoms with Gasteiger partial charge in [-0.05, 0) is 45.7 Å². The number of hydrogen-bond donors (Lipinski definition) is 1. The van der Waals surface area contributed by atoms with Crippen LogP contribution in [0.4, 0.5) is 0 Å². The van der Waals surface area contributed by atoms with E-state index in [1.54, 1.807) is 6.07 Å². The van der Waals surface area contributed by atoms with Crippen LogP contribution >= 0.6 is 22.6 Å². The van der Waals surface area contributed by atoms with Crippen molar-refractivity contribution < 1.29 is 9.90 Å². The smallest absolute Gasteiger partial charge is 0.336 e. The molecule has 14 heavy (non-hydrogen) atoms. The molecule has 0 bridgehead atoms. The van der Waals surface area contributed by atoms with Crippen LogP contribution in [0.15, 0.2) is 18.2 Å². The average molecular weight is 304 g/mol. The Kier molecular flexibility index (Phi) is 3.19. The Morgan fingerprint density at radius 1 is 1.36 bits per heavy atom. The fourth-order valence-corrected chi connectivity index (χ4v) is 1.90. The number of hydrogen-bond acceptors (Lipinski definition) is 1. The van der Waals surface area contributed by atoms with Gasteiger partial charge in [-0.2, -0.15) is 0 Å². The first kappa shape index (κ1) is 11.5. The number of benzene rings is 1. The quantitative estimate of drug-likeness (QED) is 0.808. The lowest BCUT2D eigenvalue weighted by Crippen LogP contribution is -2.12. The number of carboxylic acid groups (broad SMARTS) is 1.